The molecule has 1 aromatic rings. The van der Waals surface area contributed by atoms with E-state index in [9.17, 15) is 4.79 Å². The zero-order valence-electron chi connectivity index (χ0n) is 12.5. The molecule has 1 heterocycles. The molecule has 0 aromatic heterocycles. The van der Waals surface area contributed by atoms with E-state index >= 15 is 0 Å². The molecule has 1 aromatic carbocycles. The SMILES string of the molecule is O=C(O)CCCN1CCC(OCCc2ccccc2)CC1. The van der Waals surface area contributed by atoms with Crippen molar-refractivity contribution in [3.05, 3.63) is 35.9 Å². The first kappa shape index (κ1) is 16.0. The number of carboxylic acids is 1. The van der Waals surface area contributed by atoms with Gasteiger partial charge in [-0.1, -0.05) is 30.3 Å². The monoisotopic (exact) mass is 291 g/mol. The Morgan fingerprint density at radius 1 is 1.24 bits per heavy atom. The van der Waals surface area contributed by atoms with Crippen LogP contribution in [0.15, 0.2) is 30.3 Å². The van der Waals surface area contributed by atoms with Gasteiger partial charge in [-0.25, -0.2) is 0 Å². The van der Waals surface area contributed by atoms with Gasteiger partial charge in [-0.2, -0.15) is 0 Å². The van der Waals surface area contributed by atoms with Crippen LogP contribution in [0.25, 0.3) is 0 Å². The average Bonchev–Trinajstić information content (AvgIpc) is 2.50. The predicted octanol–water partition coefficient (Wildman–Crippen LogP) is 2.57. The second-order valence-electron chi connectivity index (χ2n) is 5.64. The summed E-state index contributed by atoms with van der Waals surface area (Å²) in [5.74, 6) is -0.700. The molecule has 0 saturated carbocycles. The van der Waals surface area contributed by atoms with Crippen molar-refractivity contribution in [1.29, 1.82) is 0 Å². The smallest absolute Gasteiger partial charge is 0.303 e. The van der Waals surface area contributed by atoms with Crippen LogP contribution >= 0.6 is 0 Å². The summed E-state index contributed by atoms with van der Waals surface area (Å²) < 4.78 is 5.96. The van der Waals surface area contributed by atoms with Gasteiger partial charge in [-0.15, -0.1) is 0 Å². The van der Waals surface area contributed by atoms with E-state index in [1.165, 1.54) is 5.56 Å². The Bertz CT molecular complexity index is 413. The highest BCUT2D eigenvalue weighted by atomic mass is 16.5. The maximum atomic E-state index is 10.5. The lowest BCUT2D eigenvalue weighted by Crippen LogP contribution is -2.37. The van der Waals surface area contributed by atoms with Crippen molar-refractivity contribution in [2.24, 2.45) is 0 Å². The minimum Gasteiger partial charge on any atom is -0.481 e. The third-order valence-corrected chi connectivity index (χ3v) is 3.99. The molecular formula is C17H25NO3. The van der Waals surface area contributed by atoms with Crippen molar-refractivity contribution >= 4 is 5.97 Å². The fourth-order valence-corrected chi connectivity index (χ4v) is 2.74. The van der Waals surface area contributed by atoms with Crippen LogP contribution in [0.2, 0.25) is 0 Å². The number of hydrogen-bond acceptors (Lipinski definition) is 3. The average molecular weight is 291 g/mol. The number of nitrogens with zero attached hydrogens (tertiary/aromatic N) is 1. The number of aliphatic carboxylic acids is 1. The number of carboxylic acid groups (broad SMARTS) is 1. The highest BCUT2D eigenvalue weighted by molar-refractivity contribution is 5.66. The first-order valence-electron chi connectivity index (χ1n) is 7.84. The van der Waals surface area contributed by atoms with E-state index in [0.29, 0.717) is 6.10 Å². The number of benzene rings is 1. The normalized spacial score (nSPS) is 17.0. The van der Waals surface area contributed by atoms with Gasteiger partial charge >= 0.3 is 5.97 Å². The number of carbonyl (C=O) groups is 1. The third kappa shape index (κ3) is 6.27. The fraction of sp³-hybridized carbons (Fsp3) is 0.588. The molecule has 0 spiro atoms. The standard InChI is InChI=1S/C17H25NO3/c19-17(20)7-4-11-18-12-8-16(9-13-18)21-14-10-15-5-2-1-3-6-15/h1-3,5-6,16H,4,7-14H2,(H,19,20). The molecule has 0 atom stereocenters. The Labute approximate surface area is 126 Å². The van der Waals surface area contributed by atoms with E-state index in [1.807, 2.05) is 6.07 Å². The molecule has 4 heteroatoms. The number of hydrogen-bond donors (Lipinski definition) is 1. The Morgan fingerprint density at radius 2 is 1.95 bits per heavy atom. The van der Waals surface area contributed by atoms with Crippen LogP contribution in [-0.4, -0.2) is 48.3 Å². The third-order valence-electron chi connectivity index (χ3n) is 3.99. The van der Waals surface area contributed by atoms with Crippen molar-refractivity contribution in [2.75, 3.05) is 26.2 Å². The zero-order valence-corrected chi connectivity index (χ0v) is 12.5. The fourth-order valence-electron chi connectivity index (χ4n) is 2.74. The van der Waals surface area contributed by atoms with Crippen LogP contribution < -0.4 is 0 Å². The number of likely N-dealkylation sites (tertiary alicyclic amines) is 1. The lowest BCUT2D eigenvalue weighted by Gasteiger charge is -2.31. The Balaban J connectivity index is 1.55. The molecule has 0 bridgehead atoms. The van der Waals surface area contributed by atoms with Crippen LogP contribution in [0.3, 0.4) is 0 Å². The van der Waals surface area contributed by atoms with Crippen molar-refractivity contribution < 1.29 is 14.6 Å². The second-order valence-corrected chi connectivity index (χ2v) is 5.64. The summed E-state index contributed by atoms with van der Waals surface area (Å²) in [5, 5.41) is 8.64. The molecule has 0 unspecified atom stereocenters. The van der Waals surface area contributed by atoms with Crippen molar-refractivity contribution in [1.82, 2.24) is 4.90 Å². The van der Waals surface area contributed by atoms with Gasteiger partial charge in [0.1, 0.15) is 0 Å². The Morgan fingerprint density at radius 3 is 2.62 bits per heavy atom. The lowest BCUT2D eigenvalue weighted by molar-refractivity contribution is -0.137. The van der Waals surface area contributed by atoms with E-state index in [4.69, 9.17) is 9.84 Å². The number of rotatable bonds is 8. The molecule has 2 rings (SSSR count). The van der Waals surface area contributed by atoms with Gasteiger partial charge < -0.3 is 14.7 Å². The summed E-state index contributed by atoms with van der Waals surface area (Å²) in [6.07, 6.45) is 4.47. The molecule has 21 heavy (non-hydrogen) atoms. The largest absolute Gasteiger partial charge is 0.481 e. The van der Waals surface area contributed by atoms with E-state index in [2.05, 4.69) is 29.2 Å². The highest BCUT2D eigenvalue weighted by Gasteiger charge is 2.19. The Kier molecular flexibility index (Phi) is 6.70. The predicted molar refractivity (Wildman–Crippen MR) is 82.4 cm³/mol. The van der Waals surface area contributed by atoms with E-state index in [1.54, 1.807) is 0 Å². The molecule has 1 N–H and O–H groups in total. The summed E-state index contributed by atoms with van der Waals surface area (Å²) in [7, 11) is 0. The molecule has 0 aliphatic carbocycles. The van der Waals surface area contributed by atoms with Crippen LogP contribution in [-0.2, 0) is 16.0 Å². The molecular weight excluding hydrogens is 266 g/mol. The van der Waals surface area contributed by atoms with Crippen molar-refractivity contribution in [3.8, 4) is 0 Å². The Hall–Kier alpha value is -1.39. The van der Waals surface area contributed by atoms with Gasteiger partial charge in [0.05, 0.1) is 12.7 Å². The van der Waals surface area contributed by atoms with Crippen LogP contribution in [0.4, 0.5) is 0 Å². The molecule has 116 valence electrons. The van der Waals surface area contributed by atoms with Gasteiger partial charge in [-0.3, -0.25) is 4.79 Å². The molecule has 0 radical (unpaired) electrons. The molecule has 1 fully saturated rings. The van der Waals surface area contributed by atoms with Crippen LogP contribution in [0.1, 0.15) is 31.2 Å². The van der Waals surface area contributed by atoms with Gasteiger partial charge in [0, 0.05) is 19.5 Å². The second kappa shape index (κ2) is 8.80. The van der Waals surface area contributed by atoms with E-state index < -0.39 is 5.97 Å². The quantitative estimate of drug-likeness (QED) is 0.800. The zero-order chi connectivity index (χ0) is 14.9. The van der Waals surface area contributed by atoms with Crippen LogP contribution in [0, 0.1) is 0 Å². The van der Waals surface area contributed by atoms with E-state index in [0.717, 1.165) is 51.9 Å². The van der Waals surface area contributed by atoms with Gasteiger partial charge in [0.25, 0.3) is 0 Å². The van der Waals surface area contributed by atoms with Gasteiger partial charge in [-0.05, 0) is 37.8 Å². The first-order chi connectivity index (χ1) is 10.2. The summed E-state index contributed by atoms with van der Waals surface area (Å²) >= 11 is 0. The molecule has 0 amide bonds. The minimum absolute atomic E-state index is 0.271. The maximum absolute atomic E-state index is 10.5. The summed E-state index contributed by atoms with van der Waals surface area (Å²) in [4.78, 5) is 12.8. The maximum Gasteiger partial charge on any atom is 0.303 e. The summed E-state index contributed by atoms with van der Waals surface area (Å²) in [5.41, 5.74) is 1.32. The molecule has 1 aliphatic heterocycles. The molecule has 1 aliphatic rings. The number of piperidine rings is 1. The topological polar surface area (TPSA) is 49.8 Å². The van der Waals surface area contributed by atoms with Gasteiger partial charge in [0.2, 0.25) is 0 Å². The minimum atomic E-state index is -0.700. The summed E-state index contributed by atoms with van der Waals surface area (Å²) in [6.45, 7) is 3.72. The molecule has 1 saturated heterocycles. The van der Waals surface area contributed by atoms with Crippen LogP contribution in [0.5, 0.6) is 0 Å². The first-order valence-corrected chi connectivity index (χ1v) is 7.84. The number of ether oxygens (including phenoxy) is 1. The highest BCUT2D eigenvalue weighted by Crippen LogP contribution is 2.14. The summed E-state index contributed by atoms with van der Waals surface area (Å²) in [6, 6.07) is 10.4. The van der Waals surface area contributed by atoms with Gasteiger partial charge in [0.15, 0.2) is 0 Å². The van der Waals surface area contributed by atoms with E-state index in [-0.39, 0.29) is 6.42 Å². The van der Waals surface area contributed by atoms with Crippen molar-refractivity contribution in [3.63, 3.8) is 0 Å². The van der Waals surface area contributed by atoms with Crippen molar-refractivity contribution in [2.45, 2.75) is 38.2 Å². The lowest BCUT2D eigenvalue weighted by atomic mass is 10.1. The molecule has 4 nitrogen and oxygen atoms in total.